The Kier molecular flexibility index (Phi) is 5.95. The van der Waals surface area contributed by atoms with Crippen molar-refractivity contribution in [1.29, 1.82) is 0 Å². The molecule has 0 bridgehead atoms. The zero-order valence-electron chi connectivity index (χ0n) is 11.0. The van der Waals surface area contributed by atoms with Crippen LogP contribution in [0.25, 0.3) is 0 Å². The van der Waals surface area contributed by atoms with E-state index in [4.69, 9.17) is 0 Å². The maximum Gasteiger partial charge on any atom is 0.282 e. The normalized spacial score (nSPS) is 11.9. The number of halogens is 1. The van der Waals surface area contributed by atoms with E-state index in [9.17, 15) is 14.9 Å². The van der Waals surface area contributed by atoms with Crippen LogP contribution in [-0.4, -0.2) is 22.2 Å². The summed E-state index contributed by atoms with van der Waals surface area (Å²) in [4.78, 5) is 22.8. The lowest BCUT2D eigenvalue weighted by atomic mass is 10.1. The first kappa shape index (κ1) is 15.6. The molecule has 0 aliphatic heterocycles. The Bertz CT molecular complexity index is 475. The number of nitro groups is 1. The lowest BCUT2D eigenvalue weighted by Crippen LogP contribution is -2.26. The number of amides is 1. The van der Waals surface area contributed by atoms with Gasteiger partial charge in [0.15, 0.2) is 0 Å². The Balaban J connectivity index is 2.74. The molecule has 0 aromatic heterocycles. The van der Waals surface area contributed by atoms with Gasteiger partial charge in [0, 0.05) is 17.4 Å². The molecule has 1 rings (SSSR count). The van der Waals surface area contributed by atoms with Gasteiger partial charge in [0.2, 0.25) is 0 Å². The van der Waals surface area contributed by atoms with Crippen LogP contribution in [0.15, 0.2) is 18.2 Å². The van der Waals surface area contributed by atoms with E-state index in [1.165, 1.54) is 6.07 Å². The van der Waals surface area contributed by atoms with Gasteiger partial charge in [0.1, 0.15) is 5.56 Å². The summed E-state index contributed by atoms with van der Waals surface area (Å²) in [6, 6.07) is 4.63. The summed E-state index contributed by atoms with van der Waals surface area (Å²) in [5, 5.41) is 13.6. The first-order valence-electron chi connectivity index (χ1n) is 6.09. The van der Waals surface area contributed by atoms with Crippen molar-refractivity contribution in [2.24, 2.45) is 0 Å². The van der Waals surface area contributed by atoms with Crippen LogP contribution < -0.4 is 5.32 Å². The van der Waals surface area contributed by atoms with Crippen molar-refractivity contribution in [3.8, 4) is 0 Å². The average molecular weight is 329 g/mol. The van der Waals surface area contributed by atoms with Crippen LogP contribution in [-0.2, 0) is 0 Å². The fourth-order valence-electron chi connectivity index (χ4n) is 1.77. The number of nitro benzene ring substituents is 1. The van der Waals surface area contributed by atoms with Crippen molar-refractivity contribution in [2.45, 2.75) is 31.5 Å². The molecule has 19 heavy (non-hydrogen) atoms. The number of carbonyl (C=O) groups excluding carboxylic acids is 1. The van der Waals surface area contributed by atoms with Crippen LogP contribution in [0.3, 0.4) is 0 Å². The predicted octanol–water partition coefficient (Wildman–Crippen LogP) is 3.20. The van der Waals surface area contributed by atoms with Gasteiger partial charge in [0.25, 0.3) is 11.6 Å². The molecule has 0 heterocycles. The third-order valence-corrected chi connectivity index (χ3v) is 3.20. The maximum absolute atomic E-state index is 12.0. The molecule has 0 aliphatic rings. The fourth-order valence-corrected chi connectivity index (χ4v) is 2.10. The van der Waals surface area contributed by atoms with E-state index in [-0.39, 0.29) is 17.2 Å². The van der Waals surface area contributed by atoms with Crippen LogP contribution >= 0.6 is 15.9 Å². The Morgan fingerprint density at radius 3 is 2.79 bits per heavy atom. The van der Waals surface area contributed by atoms with Gasteiger partial charge in [-0.25, -0.2) is 0 Å². The van der Waals surface area contributed by atoms with E-state index < -0.39 is 4.92 Å². The van der Waals surface area contributed by atoms with Gasteiger partial charge < -0.3 is 5.32 Å². The van der Waals surface area contributed by atoms with E-state index in [0.717, 1.165) is 12.8 Å². The molecule has 0 radical (unpaired) electrons. The van der Waals surface area contributed by atoms with Crippen LogP contribution in [0.1, 0.15) is 35.7 Å². The molecule has 1 atom stereocenters. The second-order valence-electron chi connectivity index (χ2n) is 4.41. The molecule has 0 saturated carbocycles. The molecule has 0 spiro atoms. The number of alkyl halides is 1. The molecule has 1 aromatic rings. The SMILES string of the molecule is Cc1cccc([N+](=O)[O-])c1C(=O)NCCCC(C)Br. The molecule has 0 aliphatic carbocycles. The highest BCUT2D eigenvalue weighted by molar-refractivity contribution is 9.09. The Hall–Kier alpha value is -1.43. The number of nitrogens with one attached hydrogen (secondary N) is 1. The number of rotatable bonds is 6. The summed E-state index contributed by atoms with van der Waals surface area (Å²) in [5.74, 6) is -0.382. The van der Waals surface area contributed by atoms with Gasteiger partial charge in [-0.15, -0.1) is 0 Å². The first-order chi connectivity index (χ1) is 8.93. The molecule has 1 amide bonds. The Morgan fingerprint density at radius 1 is 1.53 bits per heavy atom. The molecular formula is C13H17BrN2O3. The van der Waals surface area contributed by atoms with Gasteiger partial charge in [-0.2, -0.15) is 0 Å². The van der Waals surface area contributed by atoms with Crippen LogP contribution in [0, 0.1) is 17.0 Å². The van der Waals surface area contributed by atoms with Crippen molar-refractivity contribution < 1.29 is 9.72 Å². The number of hydrogen-bond acceptors (Lipinski definition) is 3. The molecule has 0 saturated heterocycles. The Morgan fingerprint density at radius 2 is 2.21 bits per heavy atom. The largest absolute Gasteiger partial charge is 0.352 e. The lowest BCUT2D eigenvalue weighted by molar-refractivity contribution is -0.385. The summed E-state index contributed by atoms with van der Waals surface area (Å²) >= 11 is 3.43. The molecule has 1 N–H and O–H groups in total. The third-order valence-electron chi connectivity index (χ3n) is 2.74. The highest BCUT2D eigenvalue weighted by Crippen LogP contribution is 2.21. The summed E-state index contributed by atoms with van der Waals surface area (Å²) in [6.45, 7) is 4.25. The fraction of sp³-hybridized carbons (Fsp3) is 0.462. The van der Waals surface area contributed by atoms with Crippen molar-refractivity contribution in [3.63, 3.8) is 0 Å². The van der Waals surface area contributed by atoms with Gasteiger partial charge in [-0.1, -0.05) is 35.0 Å². The minimum absolute atomic E-state index is 0.147. The van der Waals surface area contributed by atoms with Crippen LogP contribution in [0.5, 0.6) is 0 Å². The third kappa shape index (κ3) is 4.63. The number of nitrogens with zero attached hydrogens (tertiary/aromatic N) is 1. The van der Waals surface area contributed by atoms with Crippen molar-refractivity contribution in [2.75, 3.05) is 6.54 Å². The smallest absolute Gasteiger partial charge is 0.282 e. The second-order valence-corrected chi connectivity index (χ2v) is 5.97. The first-order valence-corrected chi connectivity index (χ1v) is 7.01. The monoisotopic (exact) mass is 328 g/mol. The summed E-state index contributed by atoms with van der Waals surface area (Å²) in [5.41, 5.74) is 0.617. The van der Waals surface area contributed by atoms with Gasteiger partial charge in [-0.3, -0.25) is 14.9 Å². The maximum atomic E-state index is 12.0. The van der Waals surface area contributed by atoms with Crippen molar-refractivity contribution >= 4 is 27.5 Å². The standard InChI is InChI=1S/C13H17BrN2O3/c1-9-5-3-7-11(16(18)19)12(9)13(17)15-8-4-6-10(2)14/h3,5,7,10H,4,6,8H2,1-2H3,(H,15,17). The zero-order valence-corrected chi connectivity index (χ0v) is 12.6. The Labute approximate surface area is 120 Å². The minimum atomic E-state index is -0.525. The molecule has 0 fully saturated rings. The van der Waals surface area contributed by atoms with E-state index in [1.807, 2.05) is 6.92 Å². The highest BCUT2D eigenvalue weighted by Gasteiger charge is 2.21. The molecular weight excluding hydrogens is 312 g/mol. The number of hydrogen-bond donors (Lipinski definition) is 1. The summed E-state index contributed by atoms with van der Waals surface area (Å²) < 4.78 is 0. The zero-order chi connectivity index (χ0) is 14.4. The van der Waals surface area contributed by atoms with Gasteiger partial charge in [-0.05, 0) is 25.3 Å². The summed E-state index contributed by atoms with van der Waals surface area (Å²) in [7, 11) is 0. The molecule has 1 aromatic carbocycles. The second kappa shape index (κ2) is 7.23. The number of carbonyl (C=O) groups is 1. The molecule has 1 unspecified atom stereocenters. The molecule has 104 valence electrons. The van der Waals surface area contributed by atoms with Crippen molar-refractivity contribution in [3.05, 3.63) is 39.4 Å². The quantitative estimate of drug-likeness (QED) is 0.377. The van der Waals surface area contributed by atoms with Gasteiger partial charge >= 0.3 is 0 Å². The highest BCUT2D eigenvalue weighted by atomic mass is 79.9. The number of aryl methyl sites for hydroxylation is 1. The summed E-state index contributed by atoms with van der Waals surface area (Å²) in [6.07, 6.45) is 1.77. The predicted molar refractivity (Wildman–Crippen MR) is 77.8 cm³/mol. The van der Waals surface area contributed by atoms with Gasteiger partial charge in [0.05, 0.1) is 4.92 Å². The van der Waals surface area contributed by atoms with E-state index in [0.29, 0.717) is 16.9 Å². The van der Waals surface area contributed by atoms with Crippen LogP contribution in [0.4, 0.5) is 5.69 Å². The topological polar surface area (TPSA) is 72.2 Å². The van der Waals surface area contributed by atoms with E-state index in [2.05, 4.69) is 21.2 Å². The average Bonchev–Trinajstić information content (AvgIpc) is 2.33. The molecule has 6 heteroatoms. The minimum Gasteiger partial charge on any atom is -0.352 e. The lowest BCUT2D eigenvalue weighted by Gasteiger charge is -2.08. The van der Waals surface area contributed by atoms with E-state index in [1.54, 1.807) is 19.1 Å². The van der Waals surface area contributed by atoms with Crippen LogP contribution in [0.2, 0.25) is 0 Å². The molecule has 5 nitrogen and oxygen atoms in total. The van der Waals surface area contributed by atoms with E-state index >= 15 is 0 Å². The van der Waals surface area contributed by atoms with Crippen molar-refractivity contribution in [1.82, 2.24) is 5.32 Å². The number of benzene rings is 1.